The van der Waals surface area contributed by atoms with Crippen molar-refractivity contribution in [2.75, 3.05) is 12.4 Å². The van der Waals surface area contributed by atoms with Crippen LogP contribution in [0.2, 0.25) is 0 Å². The van der Waals surface area contributed by atoms with Gasteiger partial charge in [0.15, 0.2) is 0 Å². The Hall–Kier alpha value is 1.17. The minimum atomic E-state index is -1.40. The van der Waals surface area contributed by atoms with Gasteiger partial charge in [-0.05, 0) is 19.4 Å². The van der Waals surface area contributed by atoms with Gasteiger partial charge in [0.1, 0.15) is 5.37 Å². The molecule has 5 nitrogen and oxygen atoms in total. The summed E-state index contributed by atoms with van der Waals surface area (Å²) in [6, 6.07) is 0. The number of carbonyl (C=O) groups excluding carboxylic acids is 2. The van der Waals surface area contributed by atoms with Crippen molar-refractivity contribution < 1.29 is 93.4 Å². The molecule has 0 bridgehead atoms. The molecule has 2 aliphatic heterocycles. The number of thioether (sulfide) groups is 1. The van der Waals surface area contributed by atoms with Crippen molar-refractivity contribution in [2.24, 2.45) is 0 Å². The number of carbonyl (C=O) groups is 2. The number of hydrogen-bond acceptors (Lipinski definition) is 5. The first-order valence-electron chi connectivity index (χ1n) is 5.15. The molecule has 0 aromatic heterocycles. The molecule has 1 unspecified atom stereocenters. The molecule has 2 aliphatic rings. The number of carboxylic acids is 1. The molecule has 1 atom stereocenters. The first-order chi connectivity index (χ1) is 7.99. The molecule has 0 saturated carbocycles. The zero-order valence-electron chi connectivity index (χ0n) is 11.1. The van der Waals surface area contributed by atoms with Crippen LogP contribution in [0.1, 0.15) is 13.8 Å². The summed E-state index contributed by atoms with van der Waals surface area (Å²) in [7, 11) is 0. The first-order valence-corrected chi connectivity index (χ1v) is 6.20. The Morgan fingerprint density at radius 2 is 2.11 bits per heavy atom. The number of rotatable bonds is 2. The molecule has 8 heteroatoms. The van der Waals surface area contributed by atoms with Crippen molar-refractivity contribution >= 4 is 23.6 Å². The van der Waals surface area contributed by atoms with Gasteiger partial charge < -0.3 is 15.0 Å². The zero-order chi connectivity index (χ0) is 12.7. The fraction of sp³-hybridized carbons (Fsp3) is 0.455. The number of nitrogens with zero attached hydrogens (tertiary/aromatic N) is 1. The molecule has 1 N–H and O–H groups in total. The molecule has 1 amide bonds. The van der Waals surface area contributed by atoms with Gasteiger partial charge in [0.05, 0.1) is 18.3 Å². The van der Waals surface area contributed by atoms with Gasteiger partial charge in [-0.2, -0.15) is 0 Å². The summed E-state index contributed by atoms with van der Waals surface area (Å²) in [5.74, 6) is -1.29. The SMILES string of the molecule is CC(C)=C1C(=O)N2C(C(=O)[O-])=C(CO)CSC12.[Ac].[Na+]. The summed E-state index contributed by atoms with van der Waals surface area (Å²) in [5.41, 5.74) is 1.73. The average molecular weight is 504 g/mol. The summed E-state index contributed by atoms with van der Waals surface area (Å²) >= 11 is 1.45. The third kappa shape index (κ3) is 3.50. The molecular weight excluding hydrogens is 492 g/mol. The van der Waals surface area contributed by atoms with Gasteiger partial charge in [0, 0.05) is 55.4 Å². The van der Waals surface area contributed by atoms with Crippen LogP contribution in [0.5, 0.6) is 0 Å². The largest absolute Gasteiger partial charge is 1.00 e. The number of amides is 1. The van der Waals surface area contributed by atoms with Gasteiger partial charge in [-0.25, -0.2) is 0 Å². The molecule has 0 aromatic rings. The molecule has 19 heavy (non-hydrogen) atoms. The van der Waals surface area contributed by atoms with Gasteiger partial charge in [0.25, 0.3) is 5.91 Å². The second kappa shape index (κ2) is 7.98. The molecule has 1 fully saturated rings. The van der Waals surface area contributed by atoms with Crippen LogP contribution < -0.4 is 34.7 Å². The molecule has 95 valence electrons. The summed E-state index contributed by atoms with van der Waals surface area (Å²) < 4.78 is 0. The van der Waals surface area contributed by atoms with E-state index in [1.165, 1.54) is 16.7 Å². The van der Waals surface area contributed by atoms with E-state index in [9.17, 15) is 14.7 Å². The minimum Gasteiger partial charge on any atom is -0.543 e. The Kier molecular flexibility index (Phi) is 8.47. The number of β-lactam (4-membered cyclic amide) rings is 1. The Bertz CT molecular complexity index is 473. The van der Waals surface area contributed by atoms with E-state index in [0.29, 0.717) is 16.9 Å². The molecule has 0 aliphatic carbocycles. The Balaban J connectivity index is 0.00000162. The average Bonchev–Trinajstić information content (AvgIpc) is 2.26. The fourth-order valence-electron chi connectivity index (χ4n) is 2.02. The Morgan fingerprint density at radius 3 is 2.53 bits per heavy atom. The molecule has 2 rings (SSSR count). The number of carboxylic acid groups (broad SMARTS) is 1. The molecule has 1 saturated heterocycles. The summed E-state index contributed by atoms with van der Waals surface area (Å²) in [6.07, 6.45) is 0. The van der Waals surface area contributed by atoms with Crippen LogP contribution in [0.15, 0.2) is 22.4 Å². The van der Waals surface area contributed by atoms with Crippen LogP contribution in [0.4, 0.5) is 0 Å². The van der Waals surface area contributed by atoms with Crippen molar-refractivity contribution in [3.05, 3.63) is 22.4 Å². The smallest absolute Gasteiger partial charge is 0.543 e. The maximum atomic E-state index is 11.9. The minimum absolute atomic E-state index is 0. The normalized spacial score (nSPS) is 21.0. The summed E-state index contributed by atoms with van der Waals surface area (Å²) in [4.78, 5) is 24.1. The van der Waals surface area contributed by atoms with E-state index >= 15 is 0 Å². The number of aliphatic carboxylic acids is 1. The van der Waals surface area contributed by atoms with E-state index in [2.05, 4.69) is 0 Å². The van der Waals surface area contributed by atoms with Crippen LogP contribution in [0.25, 0.3) is 0 Å². The molecule has 1 radical (unpaired) electrons. The van der Waals surface area contributed by atoms with Gasteiger partial charge in [-0.1, -0.05) is 5.57 Å². The van der Waals surface area contributed by atoms with E-state index in [4.69, 9.17) is 5.11 Å². The molecular formula is C11H12AcNNaO4S. The van der Waals surface area contributed by atoms with Gasteiger partial charge >= 0.3 is 29.6 Å². The monoisotopic (exact) mass is 504 g/mol. The van der Waals surface area contributed by atoms with Crippen LogP contribution in [0.3, 0.4) is 0 Å². The second-order valence-corrected chi connectivity index (χ2v) is 5.22. The van der Waals surface area contributed by atoms with Crippen molar-refractivity contribution in [3.63, 3.8) is 0 Å². The van der Waals surface area contributed by atoms with Gasteiger partial charge in [0.2, 0.25) is 0 Å². The quantitative estimate of drug-likeness (QED) is 0.238. The molecule has 2 heterocycles. The number of hydrogen-bond donors (Lipinski definition) is 1. The van der Waals surface area contributed by atoms with Gasteiger partial charge in [-0.3, -0.25) is 9.69 Å². The van der Waals surface area contributed by atoms with Crippen molar-refractivity contribution in [1.82, 2.24) is 4.90 Å². The predicted octanol–water partition coefficient (Wildman–Crippen LogP) is -3.76. The van der Waals surface area contributed by atoms with Crippen molar-refractivity contribution in [1.29, 1.82) is 0 Å². The topological polar surface area (TPSA) is 80.7 Å². The van der Waals surface area contributed by atoms with E-state index in [-0.39, 0.29) is 97.2 Å². The first kappa shape index (κ1) is 20.2. The summed E-state index contributed by atoms with van der Waals surface area (Å²) in [5, 5.41) is 19.9. The molecule has 0 spiro atoms. The standard InChI is InChI=1S/C11H13NO4S.Ac.Na/c1-5(2)7-9(14)12-8(11(15)16)6(3-13)4-17-10(7)12;;/h10,13H,3-4H2,1-2H3,(H,15,16);;/q;;+1/p-1. The maximum Gasteiger partial charge on any atom is 1.00 e. The maximum absolute atomic E-state index is 11.9. The predicted molar refractivity (Wildman–Crippen MR) is 60.6 cm³/mol. The van der Waals surface area contributed by atoms with Crippen LogP contribution >= 0.6 is 11.8 Å². The van der Waals surface area contributed by atoms with Crippen LogP contribution in [-0.2, 0) is 9.59 Å². The van der Waals surface area contributed by atoms with Crippen LogP contribution in [0, 0.1) is 44.1 Å². The fourth-order valence-corrected chi connectivity index (χ4v) is 3.46. The van der Waals surface area contributed by atoms with E-state index in [1.54, 1.807) is 0 Å². The number of aliphatic hydroxyl groups is 1. The Morgan fingerprint density at radius 1 is 1.53 bits per heavy atom. The number of fused-ring (bicyclic) bond motifs is 1. The van der Waals surface area contributed by atoms with Crippen LogP contribution in [-0.4, -0.2) is 39.6 Å². The summed E-state index contributed by atoms with van der Waals surface area (Å²) in [6.45, 7) is 3.29. The van der Waals surface area contributed by atoms with E-state index in [1.807, 2.05) is 13.8 Å². The van der Waals surface area contributed by atoms with Crippen molar-refractivity contribution in [3.8, 4) is 0 Å². The third-order valence-corrected chi connectivity index (χ3v) is 4.12. The number of allylic oxidation sites excluding steroid dienone is 1. The Labute approximate surface area is 173 Å². The van der Waals surface area contributed by atoms with E-state index < -0.39 is 5.97 Å². The molecule has 0 aromatic carbocycles. The van der Waals surface area contributed by atoms with Gasteiger partial charge in [-0.15, -0.1) is 11.8 Å². The number of aliphatic hydroxyl groups excluding tert-OH is 1. The second-order valence-electron chi connectivity index (χ2n) is 4.15. The zero-order valence-corrected chi connectivity index (χ0v) is 18.7. The van der Waals surface area contributed by atoms with Crippen molar-refractivity contribution in [2.45, 2.75) is 19.2 Å². The van der Waals surface area contributed by atoms with E-state index in [0.717, 1.165) is 5.57 Å². The third-order valence-electron chi connectivity index (χ3n) is 2.84.